The van der Waals surface area contributed by atoms with E-state index in [-0.39, 0.29) is 12.5 Å². The third kappa shape index (κ3) is 2.85. The second-order valence-electron chi connectivity index (χ2n) is 2.94. The van der Waals surface area contributed by atoms with Gasteiger partial charge in [0.2, 0.25) is 0 Å². The highest BCUT2D eigenvalue weighted by atomic mass is 35.5. The summed E-state index contributed by atoms with van der Waals surface area (Å²) in [6.45, 7) is 0.0156. The first-order valence-electron chi connectivity index (χ1n) is 4.13. The van der Waals surface area contributed by atoms with Gasteiger partial charge in [-0.15, -0.1) is 0 Å². The number of carbonyl (C=O) groups excluding carboxylic acids is 1. The summed E-state index contributed by atoms with van der Waals surface area (Å²) in [5.74, 6) is -0.316. The van der Waals surface area contributed by atoms with Crippen LogP contribution in [-0.2, 0) is 0 Å². The molecule has 0 fully saturated rings. The van der Waals surface area contributed by atoms with Crippen molar-refractivity contribution in [2.45, 2.75) is 0 Å². The Bertz CT molecular complexity index is 426. The molecule has 1 aromatic carbocycles. The molecule has 0 bridgehead atoms. The molecule has 0 atom stereocenters. The standard InChI is InChI=1S/C10H8Cl2N2O/c1-14(5-4-13)10(15)8-6-7(11)2-3-9(8)12/h2-3,6H,5H2,1H3. The van der Waals surface area contributed by atoms with Gasteiger partial charge >= 0.3 is 0 Å². The van der Waals surface area contributed by atoms with Crippen molar-refractivity contribution >= 4 is 29.1 Å². The molecule has 1 amide bonds. The Morgan fingerprint density at radius 2 is 2.20 bits per heavy atom. The van der Waals surface area contributed by atoms with Gasteiger partial charge in [-0.25, -0.2) is 0 Å². The van der Waals surface area contributed by atoms with Crippen LogP contribution in [-0.4, -0.2) is 24.4 Å². The predicted octanol–water partition coefficient (Wildman–Crippen LogP) is 2.59. The number of nitrogens with zero attached hydrogens (tertiary/aromatic N) is 2. The molecule has 0 aliphatic heterocycles. The van der Waals surface area contributed by atoms with Gasteiger partial charge in [0.15, 0.2) is 0 Å². The third-order valence-corrected chi connectivity index (χ3v) is 2.38. The molecule has 0 saturated carbocycles. The molecular formula is C10H8Cl2N2O. The van der Waals surface area contributed by atoms with Gasteiger partial charge in [0, 0.05) is 12.1 Å². The highest BCUT2D eigenvalue weighted by molar-refractivity contribution is 6.35. The van der Waals surface area contributed by atoms with Crippen LogP contribution in [0, 0.1) is 11.3 Å². The number of hydrogen-bond acceptors (Lipinski definition) is 2. The Balaban J connectivity index is 3.01. The predicted molar refractivity (Wildman–Crippen MR) is 59.0 cm³/mol. The molecule has 1 rings (SSSR count). The molecule has 5 heteroatoms. The highest BCUT2D eigenvalue weighted by Crippen LogP contribution is 2.21. The van der Waals surface area contributed by atoms with Crippen LogP contribution in [0.4, 0.5) is 0 Å². The van der Waals surface area contributed by atoms with Crippen LogP contribution in [0.5, 0.6) is 0 Å². The first kappa shape index (κ1) is 11.8. The lowest BCUT2D eigenvalue weighted by atomic mass is 10.2. The molecule has 1 aromatic rings. The van der Waals surface area contributed by atoms with Crippen LogP contribution in [0.1, 0.15) is 10.4 Å². The third-order valence-electron chi connectivity index (χ3n) is 1.81. The zero-order valence-electron chi connectivity index (χ0n) is 8.00. The van der Waals surface area contributed by atoms with Crippen molar-refractivity contribution in [1.29, 1.82) is 5.26 Å². The molecule has 0 spiro atoms. The Morgan fingerprint density at radius 1 is 1.53 bits per heavy atom. The maximum atomic E-state index is 11.7. The lowest BCUT2D eigenvalue weighted by molar-refractivity contribution is 0.0812. The number of nitriles is 1. The van der Waals surface area contributed by atoms with Crippen molar-refractivity contribution in [3.8, 4) is 6.07 Å². The van der Waals surface area contributed by atoms with E-state index in [1.807, 2.05) is 6.07 Å². The van der Waals surface area contributed by atoms with E-state index in [9.17, 15) is 4.79 Å². The molecule has 0 heterocycles. The van der Waals surface area contributed by atoms with Crippen molar-refractivity contribution in [2.75, 3.05) is 13.6 Å². The van der Waals surface area contributed by atoms with Gasteiger partial charge in [0.25, 0.3) is 5.91 Å². The van der Waals surface area contributed by atoms with Gasteiger partial charge < -0.3 is 4.90 Å². The van der Waals surface area contributed by atoms with Crippen LogP contribution >= 0.6 is 23.2 Å². The smallest absolute Gasteiger partial charge is 0.256 e. The van der Waals surface area contributed by atoms with Crippen molar-refractivity contribution in [2.24, 2.45) is 0 Å². The van der Waals surface area contributed by atoms with Crippen LogP contribution in [0.3, 0.4) is 0 Å². The summed E-state index contributed by atoms with van der Waals surface area (Å²) in [7, 11) is 1.53. The summed E-state index contributed by atoms with van der Waals surface area (Å²) in [6.07, 6.45) is 0. The molecule has 0 radical (unpaired) electrons. The van der Waals surface area contributed by atoms with Gasteiger partial charge in [-0.3, -0.25) is 4.79 Å². The van der Waals surface area contributed by atoms with Crippen molar-refractivity contribution < 1.29 is 4.79 Å². The zero-order chi connectivity index (χ0) is 11.4. The van der Waals surface area contributed by atoms with Gasteiger partial charge in [-0.1, -0.05) is 23.2 Å². The maximum Gasteiger partial charge on any atom is 0.256 e. The van der Waals surface area contributed by atoms with Crippen LogP contribution in [0.15, 0.2) is 18.2 Å². The van der Waals surface area contributed by atoms with Crippen LogP contribution < -0.4 is 0 Å². The molecule has 0 aromatic heterocycles. The number of hydrogen-bond donors (Lipinski definition) is 0. The fourth-order valence-electron chi connectivity index (χ4n) is 1.04. The van der Waals surface area contributed by atoms with E-state index in [1.54, 1.807) is 12.1 Å². The van der Waals surface area contributed by atoms with Gasteiger partial charge in [0.1, 0.15) is 6.54 Å². The maximum absolute atomic E-state index is 11.7. The molecule has 0 N–H and O–H groups in total. The molecule has 0 unspecified atom stereocenters. The summed E-state index contributed by atoms with van der Waals surface area (Å²) < 4.78 is 0. The summed E-state index contributed by atoms with van der Waals surface area (Å²) in [6, 6.07) is 6.52. The number of rotatable bonds is 2. The average molecular weight is 243 g/mol. The van der Waals surface area contributed by atoms with E-state index in [0.29, 0.717) is 15.6 Å². The minimum absolute atomic E-state index is 0.0156. The number of benzene rings is 1. The van der Waals surface area contributed by atoms with Crippen molar-refractivity contribution in [1.82, 2.24) is 4.90 Å². The second-order valence-corrected chi connectivity index (χ2v) is 3.79. The first-order chi connectivity index (χ1) is 7.06. The lowest BCUT2D eigenvalue weighted by Crippen LogP contribution is -2.27. The average Bonchev–Trinajstić information content (AvgIpc) is 2.21. The minimum atomic E-state index is -0.316. The highest BCUT2D eigenvalue weighted by Gasteiger charge is 2.14. The van der Waals surface area contributed by atoms with E-state index >= 15 is 0 Å². The Labute approximate surface area is 97.8 Å². The SMILES string of the molecule is CN(CC#N)C(=O)c1cc(Cl)ccc1Cl. The summed E-state index contributed by atoms with van der Waals surface area (Å²) in [5.41, 5.74) is 0.307. The molecule has 0 aliphatic carbocycles. The Morgan fingerprint density at radius 3 is 2.80 bits per heavy atom. The van der Waals surface area contributed by atoms with Crippen LogP contribution in [0.2, 0.25) is 10.0 Å². The first-order valence-corrected chi connectivity index (χ1v) is 4.89. The number of halogens is 2. The van der Waals surface area contributed by atoms with E-state index in [4.69, 9.17) is 28.5 Å². The molecule has 0 saturated heterocycles. The van der Waals surface area contributed by atoms with E-state index in [1.165, 1.54) is 18.0 Å². The summed E-state index contributed by atoms with van der Waals surface area (Å²) in [4.78, 5) is 13.0. The fraction of sp³-hybridized carbons (Fsp3) is 0.200. The minimum Gasteiger partial charge on any atom is -0.328 e. The monoisotopic (exact) mass is 242 g/mol. The summed E-state index contributed by atoms with van der Waals surface area (Å²) in [5, 5.41) is 9.22. The van der Waals surface area contributed by atoms with Gasteiger partial charge in [-0.05, 0) is 18.2 Å². The normalized spacial score (nSPS) is 9.47. The Hall–Kier alpha value is -1.24. The molecule has 78 valence electrons. The quantitative estimate of drug-likeness (QED) is 0.749. The lowest BCUT2D eigenvalue weighted by Gasteiger charge is -2.13. The van der Waals surface area contributed by atoms with Crippen molar-refractivity contribution in [3.05, 3.63) is 33.8 Å². The topological polar surface area (TPSA) is 44.1 Å². The molecule has 15 heavy (non-hydrogen) atoms. The summed E-state index contributed by atoms with van der Waals surface area (Å²) >= 11 is 11.6. The zero-order valence-corrected chi connectivity index (χ0v) is 9.51. The molecule has 0 aliphatic rings. The largest absolute Gasteiger partial charge is 0.328 e. The number of amides is 1. The second kappa shape index (κ2) is 5.01. The fourth-order valence-corrected chi connectivity index (χ4v) is 1.42. The van der Waals surface area contributed by atoms with E-state index in [0.717, 1.165) is 0 Å². The Kier molecular flexibility index (Phi) is 3.96. The van der Waals surface area contributed by atoms with E-state index < -0.39 is 0 Å². The van der Waals surface area contributed by atoms with Crippen LogP contribution in [0.25, 0.3) is 0 Å². The van der Waals surface area contributed by atoms with E-state index in [2.05, 4.69) is 0 Å². The number of carbonyl (C=O) groups is 1. The molecule has 3 nitrogen and oxygen atoms in total. The molecular weight excluding hydrogens is 235 g/mol. The van der Waals surface area contributed by atoms with Crippen molar-refractivity contribution in [3.63, 3.8) is 0 Å². The van der Waals surface area contributed by atoms with Gasteiger partial charge in [-0.2, -0.15) is 5.26 Å². The van der Waals surface area contributed by atoms with Gasteiger partial charge in [0.05, 0.1) is 16.7 Å².